The third-order valence-corrected chi connectivity index (χ3v) is 2.26. The van der Waals surface area contributed by atoms with Crippen LogP contribution in [0.25, 0.3) is 0 Å². The fraction of sp³-hybridized carbons (Fsp3) is 0.750. The van der Waals surface area contributed by atoms with E-state index in [0.29, 0.717) is 5.92 Å². The van der Waals surface area contributed by atoms with Gasteiger partial charge < -0.3 is 5.73 Å². The van der Waals surface area contributed by atoms with Crippen LogP contribution in [0.1, 0.15) is 38.6 Å². The van der Waals surface area contributed by atoms with E-state index < -0.39 is 0 Å². The van der Waals surface area contributed by atoms with Crippen LogP contribution in [-0.2, 0) is 0 Å². The molecule has 0 fully saturated rings. The number of aromatic nitrogens is 2. The van der Waals surface area contributed by atoms with Crippen molar-refractivity contribution >= 4 is 11.5 Å². The molecule has 0 aliphatic carbocycles. The van der Waals surface area contributed by atoms with Gasteiger partial charge in [-0.2, -0.15) is 4.37 Å². The number of hydrogen-bond acceptors (Lipinski definition) is 4. The van der Waals surface area contributed by atoms with Crippen LogP contribution < -0.4 is 5.73 Å². The fourth-order valence-corrected chi connectivity index (χ4v) is 1.48. The summed E-state index contributed by atoms with van der Waals surface area (Å²) in [5.74, 6) is 1.50. The first-order valence-corrected chi connectivity index (χ1v) is 5.05. The summed E-state index contributed by atoms with van der Waals surface area (Å²) < 4.78 is 4.10. The zero-order valence-corrected chi connectivity index (χ0v) is 8.34. The first-order chi connectivity index (χ1) is 5.70. The van der Waals surface area contributed by atoms with E-state index in [4.69, 9.17) is 5.73 Å². The Morgan fingerprint density at radius 2 is 2.25 bits per heavy atom. The smallest absolute Gasteiger partial charge is 0.158 e. The van der Waals surface area contributed by atoms with Gasteiger partial charge in [-0.1, -0.05) is 13.8 Å². The summed E-state index contributed by atoms with van der Waals surface area (Å²) in [6.45, 7) is 4.39. The molecule has 1 rings (SSSR count). The topological polar surface area (TPSA) is 51.8 Å². The minimum atomic E-state index is 0.0265. The molecule has 0 saturated carbocycles. The second-order valence-corrected chi connectivity index (χ2v) is 3.97. The molecule has 3 nitrogen and oxygen atoms in total. The summed E-state index contributed by atoms with van der Waals surface area (Å²) in [5, 5.41) is 0. The molecule has 0 aliphatic heterocycles. The van der Waals surface area contributed by atoms with Crippen molar-refractivity contribution in [1.82, 2.24) is 9.36 Å². The lowest BCUT2D eigenvalue weighted by atomic mass is 10.0. The van der Waals surface area contributed by atoms with Gasteiger partial charge in [-0.25, -0.2) is 4.98 Å². The van der Waals surface area contributed by atoms with E-state index in [-0.39, 0.29) is 6.04 Å². The van der Waals surface area contributed by atoms with Crippen molar-refractivity contribution in [2.75, 3.05) is 0 Å². The van der Waals surface area contributed by atoms with E-state index in [1.165, 1.54) is 11.5 Å². The standard InChI is InChI=1S/C8H15N3S/c1-6(2)3-4-7(9)8-10-5-12-11-8/h5-7H,3-4,9H2,1-2H3. The molecule has 12 heavy (non-hydrogen) atoms. The summed E-state index contributed by atoms with van der Waals surface area (Å²) in [5.41, 5.74) is 7.60. The lowest BCUT2D eigenvalue weighted by Gasteiger charge is -2.08. The van der Waals surface area contributed by atoms with E-state index >= 15 is 0 Å². The van der Waals surface area contributed by atoms with Gasteiger partial charge in [-0.15, -0.1) is 0 Å². The molecule has 68 valence electrons. The average molecular weight is 185 g/mol. The first-order valence-electron chi connectivity index (χ1n) is 4.22. The largest absolute Gasteiger partial charge is 0.321 e. The van der Waals surface area contributed by atoms with Crippen molar-refractivity contribution in [2.45, 2.75) is 32.7 Å². The fourth-order valence-electron chi connectivity index (χ4n) is 0.984. The van der Waals surface area contributed by atoms with Crippen LogP contribution in [0.3, 0.4) is 0 Å². The highest BCUT2D eigenvalue weighted by molar-refractivity contribution is 7.03. The maximum absolute atomic E-state index is 5.87. The van der Waals surface area contributed by atoms with Crippen molar-refractivity contribution < 1.29 is 0 Å². The third-order valence-electron chi connectivity index (χ3n) is 1.77. The number of nitrogens with zero attached hydrogens (tertiary/aromatic N) is 2. The first kappa shape index (κ1) is 9.61. The van der Waals surface area contributed by atoms with Crippen LogP contribution >= 0.6 is 11.5 Å². The molecule has 0 radical (unpaired) electrons. The van der Waals surface area contributed by atoms with Crippen molar-refractivity contribution in [2.24, 2.45) is 11.7 Å². The zero-order chi connectivity index (χ0) is 8.97. The number of rotatable bonds is 4. The highest BCUT2D eigenvalue weighted by atomic mass is 32.1. The van der Waals surface area contributed by atoms with Crippen molar-refractivity contribution in [3.8, 4) is 0 Å². The van der Waals surface area contributed by atoms with E-state index in [9.17, 15) is 0 Å². The van der Waals surface area contributed by atoms with Gasteiger partial charge in [0.15, 0.2) is 5.82 Å². The minimum absolute atomic E-state index is 0.0265. The summed E-state index contributed by atoms with van der Waals surface area (Å²) in [6.07, 6.45) is 2.12. The predicted octanol–water partition coefficient (Wildman–Crippen LogP) is 1.97. The highest BCUT2D eigenvalue weighted by Crippen LogP contribution is 2.15. The Labute approximate surface area is 77.2 Å². The molecule has 2 N–H and O–H groups in total. The molecule has 1 atom stereocenters. The van der Waals surface area contributed by atoms with Crippen molar-refractivity contribution in [3.63, 3.8) is 0 Å². The molecule has 1 unspecified atom stereocenters. The Hall–Kier alpha value is -0.480. The minimum Gasteiger partial charge on any atom is -0.321 e. The molecule has 0 aromatic carbocycles. The predicted molar refractivity (Wildman–Crippen MR) is 50.9 cm³/mol. The second kappa shape index (κ2) is 4.52. The van der Waals surface area contributed by atoms with Gasteiger partial charge >= 0.3 is 0 Å². The normalized spacial score (nSPS) is 13.7. The molecule has 1 heterocycles. The maximum Gasteiger partial charge on any atom is 0.158 e. The Balaban J connectivity index is 2.34. The Bertz CT molecular complexity index is 208. The molecule has 0 bridgehead atoms. The summed E-state index contributed by atoms with van der Waals surface area (Å²) in [4.78, 5) is 4.08. The van der Waals surface area contributed by atoms with Gasteiger partial charge in [0.2, 0.25) is 0 Å². The van der Waals surface area contributed by atoms with Crippen LogP contribution in [0.5, 0.6) is 0 Å². The van der Waals surface area contributed by atoms with Crippen molar-refractivity contribution in [1.29, 1.82) is 0 Å². The highest BCUT2D eigenvalue weighted by Gasteiger charge is 2.09. The van der Waals surface area contributed by atoms with E-state index in [1.54, 1.807) is 5.51 Å². The molecule has 0 aliphatic rings. The second-order valence-electron chi connectivity index (χ2n) is 3.37. The Morgan fingerprint density at radius 1 is 1.50 bits per heavy atom. The molecule has 1 aromatic heterocycles. The summed E-state index contributed by atoms with van der Waals surface area (Å²) in [6, 6.07) is 0.0265. The Kier molecular flexibility index (Phi) is 3.62. The lowest BCUT2D eigenvalue weighted by molar-refractivity contribution is 0.497. The van der Waals surface area contributed by atoms with E-state index in [0.717, 1.165) is 18.7 Å². The Morgan fingerprint density at radius 3 is 2.75 bits per heavy atom. The van der Waals surface area contributed by atoms with Gasteiger partial charge in [0.25, 0.3) is 0 Å². The third kappa shape index (κ3) is 2.87. The van der Waals surface area contributed by atoms with Crippen LogP contribution in [-0.4, -0.2) is 9.36 Å². The molecule has 4 heteroatoms. The SMILES string of the molecule is CC(C)CCC(N)c1ncsn1. The molecule has 0 saturated heterocycles. The van der Waals surface area contributed by atoms with Gasteiger partial charge in [0.05, 0.1) is 6.04 Å². The van der Waals surface area contributed by atoms with Gasteiger partial charge in [0.1, 0.15) is 5.51 Å². The molecular formula is C8H15N3S. The van der Waals surface area contributed by atoms with Gasteiger partial charge in [-0.05, 0) is 30.3 Å². The molecule has 0 spiro atoms. The molecular weight excluding hydrogens is 170 g/mol. The zero-order valence-electron chi connectivity index (χ0n) is 7.53. The molecule has 0 amide bonds. The van der Waals surface area contributed by atoms with Crippen LogP contribution in [0.4, 0.5) is 0 Å². The number of hydrogen-bond donors (Lipinski definition) is 1. The van der Waals surface area contributed by atoms with Crippen LogP contribution in [0, 0.1) is 5.92 Å². The van der Waals surface area contributed by atoms with Crippen molar-refractivity contribution in [3.05, 3.63) is 11.3 Å². The van der Waals surface area contributed by atoms with Gasteiger partial charge in [0, 0.05) is 0 Å². The monoisotopic (exact) mass is 185 g/mol. The number of nitrogens with two attached hydrogens (primary N) is 1. The van der Waals surface area contributed by atoms with Gasteiger partial charge in [-0.3, -0.25) is 0 Å². The maximum atomic E-state index is 5.87. The average Bonchev–Trinajstić information content (AvgIpc) is 2.51. The summed E-state index contributed by atoms with van der Waals surface area (Å²) >= 11 is 1.36. The van der Waals surface area contributed by atoms with E-state index in [2.05, 4.69) is 23.2 Å². The van der Waals surface area contributed by atoms with Crippen LogP contribution in [0.15, 0.2) is 5.51 Å². The lowest BCUT2D eigenvalue weighted by Crippen LogP contribution is -2.12. The quantitative estimate of drug-likeness (QED) is 0.780. The van der Waals surface area contributed by atoms with E-state index in [1.807, 2.05) is 0 Å². The van der Waals surface area contributed by atoms with Crippen LogP contribution in [0.2, 0.25) is 0 Å². The molecule has 1 aromatic rings. The summed E-state index contributed by atoms with van der Waals surface area (Å²) in [7, 11) is 0.